The fraction of sp³-hybridized carbons (Fsp3) is 0.364. The van der Waals surface area contributed by atoms with Gasteiger partial charge in [-0.1, -0.05) is 30.3 Å². The van der Waals surface area contributed by atoms with Crippen molar-refractivity contribution in [3.8, 4) is 5.69 Å². The van der Waals surface area contributed by atoms with Crippen LogP contribution in [0.5, 0.6) is 0 Å². The van der Waals surface area contributed by atoms with Crippen LogP contribution < -0.4 is 10.6 Å². The molecule has 2 fully saturated rings. The first-order valence-corrected chi connectivity index (χ1v) is 14.8. The van der Waals surface area contributed by atoms with Crippen molar-refractivity contribution in [2.75, 3.05) is 13.1 Å². The summed E-state index contributed by atoms with van der Waals surface area (Å²) in [4.78, 5) is 37.3. The van der Waals surface area contributed by atoms with Gasteiger partial charge in [0, 0.05) is 53.2 Å². The Kier molecular flexibility index (Phi) is 8.21. The third-order valence-electron chi connectivity index (χ3n) is 8.49. The number of nitrogens with zero attached hydrogens (tertiary/aromatic N) is 3. The third-order valence-corrected chi connectivity index (χ3v) is 8.49. The monoisotopic (exact) mass is 566 g/mol. The molecule has 9 heteroatoms. The molecule has 218 valence electrons. The highest BCUT2D eigenvalue weighted by Crippen LogP contribution is 2.33. The number of aromatic amines is 1. The molecule has 4 aromatic rings. The van der Waals surface area contributed by atoms with Crippen LogP contribution in [-0.4, -0.2) is 67.6 Å². The molecule has 0 spiro atoms. The number of H-pyrrole nitrogens is 1. The van der Waals surface area contributed by atoms with Gasteiger partial charge in [0.15, 0.2) is 0 Å². The first-order valence-electron chi connectivity index (χ1n) is 14.8. The van der Waals surface area contributed by atoms with Gasteiger partial charge in [0.1, 0.15) is 0 Å². The zero-order chi connectivity index (χ0) is 29.1. The molecule has 2 aliphatic heterocycles. The summed E-state index contributed by atoms with van der Waals surface area (Å²) in [6, 6.07) is 18.6. The van der Waals surface area contributed by atoms with Gasteiger partial charge >= 0.3 is 0 Å². The van der Waals surface area contributed by atoms with E-state index in [4.69, 9.17) is 0 Å². The quantitative estimate of drug-likeness (QED) is 0.245. The van der Waals surface area contributed by atoms with E-state index in [-0.39, 0.29) is 23.9 Å². The Hall–Kier alpha value is -4.21. The van der Waals surface area contributed by atoms with Gasteiger partial charge in [0.05, 0.1) is 24.5 Å². The van der Waals surface area contributed by atoms with Gasteiger partial charge in [-0.15, -0.1) is 0 Å². The number of nitrogens with one attached hydrogen (secondary N) is 3. The van der Waals surface area contributed by atoms with Crippen LogP contribution in [0, 0.1) is 6.92 Å². The van der Waals surface area contributed by atoms with Crippen LogP contribution >= 0.6 is 0 Å². The summed E-state index contributed by atoms with van der Waals surface area (Å²) in [5.41, 5.74) is 4.60. The number of hydrogen-bond acceptors (Lipinski definition) is 5. The van der Waals surface area contributed by atoms with Crippen LogP contribution in [0.15, 0.2) is 79.4 Å². The number of carbonyl (C=O) groups excluding carboxylic acids is 2. The number of amides is 2. The zero-order valence-electron chi connectivity index (χ0n) is 23.9. The van der Waals surface area contributed by atoms with E-state index in [0.29, 0.717) is 29.8 Å². The fourth-order valence-corrected chi connectivity index (χ4v) is 6.31. The summed E-state index contributed by atoms with van der Waals surface area (Å²) in [7, 11) is 0. The molecule has 0 saturated carbocycles. The minimum absolute atomic E-state index is 0.0373. The van der Waals surface area contributed by atoms with Crippen molar-refractivity contribution >= 4 is 11.8 Å². The van der Waals surface area contributed by atoms with E-state index < -0.39 is 12.1 Å². The van der Waals surface area contributed by atoms with Gasteiger partial charge in [0.2, 0.25) is 0 Å². The van der Waals surface area contributed by atoms with Crippen molar-refractivity contribution < 1.29 is 14.7 Å². The lowest BCUT2D eigenvalue weighted by Crippen LogP contribution is -2.52. The fourth-order valence-electron chi connectivity index (χ4n) is 6.31. The average molecular weight is 567 g/mol. The van der Waals surface area contributed by atoms with E-state index in [9.17, 15) is 14.7 Å². The zero-order valence-corrected chi connectivity index (χ0v) is 23.9. The maximum atomic E-state index is 14.0. The van der Waals surface area contributed by atoms with E-state index in [1.54, 1.807) is 35.4 Å². The number of rotatable bonds is 9. The van der Waals surface area contributed by atoms with Crippen molar-refractivity contribution in [1.82, 2.24) is 30.1 Å². The smallest absolute Gasteiger partial charge is 0.254 e. The number of likely N-dealkylation sites (tertiary alicyclic amines) is 1. The van der Waals surface area contributed by atoms with Crippen molar-refractivity contribution in [2.24, 2.45) is 0 Å². The summed E-state index contributed by atoms with van der Waals surface area (Å²) >= 11 is 0. The van der Waals surface area contributed by atoms with Crippen molar-refractivity contribution in [3.63, 3.8) is 0 Å². The highest BCUT2D eigenvalue weighted by Gasteiger charge is 2.33. The Morgan fingerprint density at radius 1 is 1.07 bits per heavy atom. The summed E-state index contributed by atoms with van der Waals surface area (Å²) < 4.78 is 1.79. The van der Waals surface area contributed by atoms with E-state index >= 15 is 0 Å². The number of hydrogen-bond donors (Lipinski definition) is 4. The van der Waals surface area contributed by atoms with Gasteiger partial charge in [-0.3, -0.25) is 9.59 Å². The van der Waals surface area contributed by atoms with Crippen LogP contribution in [0.4, 0.5) is 0 Å². The number of imidazole rings is 1. The van der Waals surface area contributed by atoms with Crippen LogP contribution in [0.25, 0.3) is 5.69 Å². The van der Waals surface area contributed by atoms with Gasteiger partial charge < -0.3 is 30.2 Å². The molecule has 0 radical (unpaired) electrons. The molecule has 0 bridgehead atoms. The van der Waals surface area contributed by atoms with Crippen molar-refractivity contribution in [3.05, 3.63) is 107 Å². The summed E-state index contributed by atoms with van der Waals surface area (Å²) in [6.07, 6.45) is 8.48. The highest BCUT2D eigenvalue weighted by molar-refractivity contribution is 6.01. The van der Waals surface area contributed by atoms with Crippen LogP contribution in [0.2, 0.25) is 0 Å². The molecule has 4 N–H and O–H groups in total. The molecule has 42 heavy (non-hydrogen) atoms. The standard InChI is InChI=1S/C33H38N6O3/c1-22-11-12-27(36-22)30-10-6-15-39(30)33(42)25-18-24(19-26(20-25)38-16-14-34-21-38)32(41)37-29(17-23-7-3-2-4-8-23)31(40)28-9-5-13-35-28/h2-4,7-8,11-12,14,16,18-21,28-31,35-36,40H,5-6,9-10,13,15,17H2,1H3,(H,37,41). The molecule has 6 rings (SSSR count). The van der Waals surface area contributed by atoms with E-state index in [2.05, 4.69) is 20.6 Å². The Morgan fingerprint density at radius 2 is 1.90 bits per heavy atom. The Labute approximate surface area is 246 Å². The Balaban J connectivity index is 1.30. The topological polar surface area (TPSA) is 115 Å². The lowest BCUT2D eigenvalue weighted by molar-refractivity contribution is 0.0731. The predicted molar refractivity (Wildman–Crippen MR) is 161 cm³/mol. The maximum absolute atomic E-state index is 14.0. The first kappa shape index (κ1) is 27.9. The molecule has 4 unspecified atom stereocenters. The molecule has 2 aromatic heterocycles. The number of aliphatic hydroxyl groups excluding tert-OH is 1. The first-order chi connectivity index (χ1) is 20.5. The molecule has 2 amide bonds. The summed E-state index contributed by atoms with van der Waals surface area (Å²) in [5, 5.41) is 17.8. The molecule has 4 heterocycles. The number of benzene rings is 2. The molecule has 0 aliphatic carbocycles. The normalized spacial score (nSPS) is 20.0. The van der Waals surface area contributed by atoms with Gasteiger partial charge in [0.25, 0.3) is 11.8 Å². The number of aryl methyl sites for hydroxylation is 1. The van der Waals surface area contributed by atoms with Crippen LogP contribution in [0.3, 0.4) is 0 Å². The number of aromatic nitrogens is 3. The van der Waals surface area contributed by atoms with E-state index in [1.807, 2.05) is 60.4 Å². The predicted octanol–water partition coefficient (Wildman–Crippen LogP) is 3.94. The van der Waals surface area contributed by atoms with Gasteiger partial charge in [-0.2, -0.15) is 0 Å². The largest absolute Gasteiger partial charge is 0.389 e. The van der Waals surface area contributed by atoms with Gasteiger partial charge in [-0.05, 0) is 81.5 Å². The molecule has 2 saturated heterocycles. The number of aliphatic hydroxyl groups is 1. The van der Waals surface area contributed by atoms with E-state index in [1.165, 1.54) is 0 Å². The van der Waals surface area contributed by atoms with Crippen molar-refractivity contribution in [2.45, 2.75) is 63.3 Å². The minimum Gasteiger partial charge on any atom is -0.389 e. The second-order valence-electron chi connectivity index (χ2n) is 11.5. The molecule has 2 aromatic carbocycles. The SMILES string of the molecule is Cc1ccc(C2CCCN2C(=O)c2cc(C(=O)NC(Cc3ccccc3)C(O)C3CCCN3)cc(-n3ccnc3)c2)[nH]1. The Morgan fingerprint density at radius 3 is 2.62 bits per heavy atom. The second kappa shape index (κ2) is 12.3. The Bertz CT molecular complexity index is 1510. The molecule has 9 nitrogen and oxygen atoms in total. The van der Waals surface area contributed by atoms with Crippen LogP contribution in [-0.2, 0) is 6.42 Å². The third kappa shape index (κ3) is 6.03. The lowest BCUT2D eigenvalue weighted by atomic mass is 9.95. The van der Waals surface area contributed by atoms with Crippen molar-refractivity contribution in [1.29, 1.82) is 0 Å². The maximum Gasteiger partial charge on any atom is 0.254 e. The van der Waals surface area contributed by atoms with Crippen LogP contribution in [0.1, 0.15) is 69.4 Å². The minimum atomic E-state index is -0.760. The average Bonchev–Trinajstić information content (AvgIpc) is 3.84. The second-order valence-corrected chi connectivity index (χ2v) is 11.5. The molecule has 2 aliphatic rings. The molecule has 4 atom stereocenters. The van der Waals surface area contributed by atoms with Gasteiger partial charge in [-0.25, -0.2) is 4.98 Å². The summed E-state index contributed by atoms with van der Waals surface area (Å²) in [5.74, 6) is -0.446. The van der Waals surface area contributed by atoms with E-state index in [0.717, 1.165) is 49.2 Å². The highest BCUT2D eigenvalue weighted by atomic mass is 16.3. The lowest BCUT2D eigenvalue weighted by Gasteiger charge is -2.29. The number of carbonyl (C=O) groups is 2. The molecular formula is C33H38N6O3. The summed E-state index contributed by atoms with van der Waals surface area (Å²) in [6.45, 7) is 3.51. The molecular weight excluding hydrogens is 528 g/mol.